The van der Waals surface area contributed by atoms with Crippen LogP contribution in [0.15, 0.2) is 4.99 Å². The summed E-state index contributed by atoms with van der Waals surface area (Å²) < 4.78 is 13.3. The van der Waals surface area contributed by atoms with Crippen LogP contribution in [0.1, 0.15) is 57.1 Å². The van der Waals surface area contributed by atoms with E-state index in [0.717, 1.165) is 37.2 Å². The second kappa shape index (κ2) is 9.69. The van der Waals surface area contributed by atoms with Crippen LogP contribution in [0.25, 0.3) is 0 Å². The molecule has 0 radical (unpaired) electrons. The molecule has 0 bridgehead atoms. The molecule has 3 rings (SSSR count). The summed E-state index contributed by atoms with van der Waals surface area (Å²) in [5.74, 6) is 2.58. The number of aryl methyl sites for hydroxylation is 1. The van der Waals surface area contributed by atoms with Gasteiger partial charge in [-0.2, -0.15) is 0 Å². The highest BCUT2D eigenvalue weighted by atomic mass is 16.5. The lowest BCUT2D eigenvalue weighted by Crippen LogP contribution is -2.66. The van der Waals surface area contributed by atoms with E-state index in [2.05, 4.69) is 27.8 Å². The Kier molecular flexibility index (Phi) is 7.29. The molecule has 1 heterocycles. The van der Waals surface area contributed by atoms with Gasteiger partial charge in [0.15, 0.2) is 11.8 Å². The van der Waals surface area contributed by atoms with E-state index in [1.807, 2.05) is 18.5 Å². The lowest BCUT2D eigenvalue weighted by molar-refractivity contribution is -0.145. The molecule has 0 aromatic carbocycles. The van der Waals surface area contributed by atoms with E-state index in [-0.39, 0.29) is 5.41 Å². The first-order chi connectivity index (χ1) is 13.6. The van der Waals surface area contributed by atoms with Gasteiger partial charge in [0.1, 0.15) is 12.4 Å². The van der Waals surface area contributed by atoms with Crippen molar-refractivity contribution >= 4 is 5.96 Å². The number of ether oxygens (including phenoxy) is 2. The zero-order chi connectivity index (χ0) is 20.0. The van der Waals surface area contributed by atoms with E-state index < -0.39 is 0 Å². The number of guanidine groups is 1. The van der Waals surface area contributed by atoms with E-state index in [1.165, 1.54) is 32.1 Å². The van der Waals surface area contributed by atoms with Crippen molar-refractivity contribution in [3.63, 3.8) is 0 Å². The number of hydrogen-bond donors (Lipinski definition) is 2. The van der Waals surface area contributed by atoms with Crippen molar-refractivity contribution in [3.05, 3.63) is 11.6 Å². The van der Waals surface area contributed by atoms with Crippen molar-refractivity contribution in [3.8, 4) is 0 Å². The Labute approximate surface area is 168 Å². The van der Waals surface area contributed by atoms with Crippen molar-refractivity contribution < 1.29 is 9.47 Å². The van der Waals surface area contributed by atoms with Crippen molar-refractivity contribution in [2.45, 2.75) is 71.1 Å². The molecule has 158 valence electrons. The first-order valence-electron chi connectivity index (χ1n) is 10.6. The molecule has 0 aliphatic heterocycles. The molecular weight excluding hydrogens is 356 g/mol. The summed E-state index contributed by atoms with van der Waals surface area (Å²) in [6.45, 7) is 6.69. The third-order valence-electron chi connectivity index (χ3n) is 6.41. The predicted octanol–water partition coefficient (Wildman–Crippen LogP) is 1.93. The third-order valence-corrected chi connectivity index (χ3v) is 6.41. The van der Waals surface area contributed by atoms with Crippen LogP contribution in [0.5, 0.6) is 0 Å². The number of nitrogens with one attached hydrogen (secondary N) is 2. The van der Waals surface area contributed by atoms with Crippen molar-refractivity contribution in [1.82, 2.24) is 25.4 Å². The Morgan fingerprint density at radius 1 is 1.29 bits per heavy atom. The number of nitrogens with zero attached hydrogens (tertiary/aromatic N) is 4. The molecule has 2 aliphatic carbocycles. The fourth-order valence-corrected chi connectivity index (χ4v) is 4.59. The molecule has 28 heavy (non-hydrogen) atoms. The smallest absolute Gasteiger partial charge is 0.192 e. The minimum atomic E-state index is 0.249. The van der Waals surface area contributed by atoms with Gasteiger partial charge < -0.3 is 24.7 Å². The molecule has 8 nitrogen and oxygen atoms in total. The molecule has 2 fully saturated rings. The minimum absolute atomic E-state index is 0.249. The SMILES string of the molecule is CCOC1CC(NC(=NCc2nnc(C)n2C)NCCOC)C12CCCCC2. The summed E-state index contributed by atoms with van der Waals surface area (Å²) in [5.41, 5.74) is 0.249. The van der Waals surface area contributed by atoms with Crippen LogP contribution in [-0.4, -0.2) is 59.7 Å². The van der Waals surface area contributed by atoms with E-state index in [1.54, 1.807) is 7.11 Å². The number of aliphatic imine (C=N–C) groups is 1. The molecule has 1 spiro atoms. The average Bonchev–Trinajstić information content (AvgIpc) is 3.03. The van der Waals surface area contributed by atoms with Gasteiger partial charge >= 0.3 is 0 Å². The lowest BCUT2D eigenvalue weighted by Gasteiger charge is -2.58. The third kappa shape index (κ3) is 4.49. The Morgan fingerprint density at radius 3 is 2.71 bits per heavy atom. The van der Waals surface area contributed by atoms with Crippen LogP contribution in [0.3, 0.4) is 0 Å². The molecule has 2 atom stereocenters. The Morgan fingerprint density at radius 2 is 2.07 bits per heavy atom. The number of aromatic nitrogens is 3. The molecule has 8 heteroatoms. The van der Waals surface area contributed by atoms with Crippen molar-refractivity contribution in [2.75, 3.05) is 26.9 Å². The van der Waals surface area contributed by atoms with Gasteiger partial charge in [-0.05, 0) is 33.1 Å². The molecule has 2 aliphatic rings. The number of hydrogen-bond acceptors (Lipinski definition) is 5. The average molecular weight is 393 g/mol. The summed E-state index contributed by atoms with van der Waals surface area (Å²) in [6, 6.07) is 0.402. The normalized spacial score (nSPS) is 24.2. The molecule has 0 saturated heterocycles. The first kappa shape index (κ1) is 21.0. The molecule has 2 saturated carbocycles. The van der Waals surface area contributed by atoms with Gasteiger partial charge in [-0.3, -0.25) is 0 Å². The molecule has 2 unspecified atom stereocenters. The van der Waals surface area contributed by atoms with Crippen LogP contribution in [0, 0.1) is 12.3 Å². The second-order valence-electron chi connectivity index (χ2n) is 7.98. The minimum Gasteiger partial charge on any atom is -0.383 e. The lowest BCUT2D eigenvalue weighted by atomic mass is 9.55. The Balaban J connectivity index is 1.69. The van der Waals surface area contributed by atoms with Crippen molar-refractivity contribution in [2.24, 2.45) is 17.5 Å². The van der Waals surface area contributed by atoms with Gasteiger partial charge in [-0.25, -0.2) is 4.99 Å². The summed E-state index contributed by atoms with van der Waals surface area (Å²) >= 11 is 0. The van der Waals surface area contributed by atoms with E-state index in [9.17, 15) is 0 Å². The van der Waals surface area contributed by atoms with Gasteiger partial charge in [0.05, 0.1) is 12.7 Å². The van der Waals surface area contributed by atoms with Crippen LogP contribution < -0.4 is 10.6 Å². The maximum atomic E-state index is 6.09. The van der Waals surface area contributed by atoms with Gasteiger partial charge in [0, 0.05) is 38.8 Å². The quantitative estimate of drug-likeness (QED) is 0.399. The molecule has 2 N–H and O–H groups in total. The highest BCUT2D eigenvalue weighted by molar-refractivity contribution is 5.80. The largest absolute Gasteiger partial charge is 0.383 e. The van der Waals surface area contributed by atoms with Gasteiger partial charge in [-0.1, -0.05) is 19.3 Å². The Hall–Kier alpha value is -1.67. The molecular formula is C20H36N6O2. The van der Waals surface area contributed by atoms with E-state index in [0.29, 0.717) is 25.3 Å². The maximum absolute atomic E-state index is 6.09. The predicted molar refractivity (Wildman–Crippen MR) is 109 cm³/mol. The van der Waals surface area contributed by atoms with E-state index >= 15 is 0 Å². The maximum Gasteiger partial charge on any atom is 0.192 e. The molecule has 0 amide bonds. The summed E-state index contributed by atoms with van der Waals surface area (Å²) in [6.07, 6.45) is 7.82. The Bertz CT molecular complexity index is 653. The standard InChI is InChI=1S/C20H36N6O2/c1-5-28-17-13-16(20(17)9-7-6-8-10-20)23-19(21-11-12-27-4)22-14-18-25-24-15(2)26(18)3/h16-17H,5-14H2,1-4H3,(H2,21,22,23). The first-order valence-corrected chi connectivity index (χ1v) is 10.6. The van der Waals surface area contributed by atoms with Crippen LogP contribution in [-0.2, 0) is 23.1 Å². The van der Waals surface area contributed by atoms with Gasteiger partial charge in [0.25, 0.3) is 0 Å². The van der Waals surface area contributed by atoms with Crippen LogP contribution >= 0.6 is 0 Å². The number of rotatable bonds is 8. The summed E-state index contributed by atoms with van der Waals surface area (Å²) in [5, 5.41) is 15.4. The zero-order valence-corrected chi connectivity index (χ0v) is 17.8. The topological polar surface area (TPSA) is 85.6 Å². The molecule has 1 aromatic heterocycles. The molecule has 1 aromatic rings. The van der Waals surface area contributed by atoms with Gasteiger partial charge in [-0.15, -0.1) is 10.2 Å². The van der Waals surface area contributed by atoms with Crippen LogP contribution in [0.2, 0.25) is 0 Å². The van der Waals surface area contributed by atoms with Gasteiger partial charge in [0.2, 0.25) is 0 Å². The zero-order valence-electron chi connectivity index (χ0n) is 17.8. The fraction of sp³-hybridized carbons (Fsp3) is 0.850. The highest BCUT2D eigenvalue weighted by Crippen LogP contribution is 2.53. The highest BCUT2D eigenvalue weighted by Gasteiger charge is 2.55. The number of methoxy groups -OCH3 is 1. The second-order valence-corrected chi connectivity index (χ2v) is 7.98. The van der Waals surface area contributed by atoms with Crippen molar-refractivity contribution in [1.29, 1.82) is 0 Å². The van der Waals surface area contributed by atoms with E-state index in [4.69, 9.17) is 14.5 Å². The van der Waals surface area contributed by atoms with Crippen LogP contribution in [0.4, 0.5) is 0 Å². The monoisotopic (exact) mass is 392 g/mol. The summed E-state index contributed by atoms with van der Waals surface area (Å²) in [4.78, 5) is 4.79. The summed E-state index contributed by atoms with van der Waals surface area (Å²) in [7, 11) is 3.69. The fourth-order valence-electron chi connectivity index (χ4n) is 4.59.